The highest BCUT2D eigenvalue weighted by atomic mass is 32.2. The summed E-state index contributed by atoms with van der Waals surface area (Å²) >= 11 is 3.26. The lowest BCUT2D eigenvalue weighted by atomic mass is 9.99. The highest BCUT2D eigenvalue weighted by Gasteiger charge is 2.38. The average Bonchev–Trinajstić information content (AvgIpc) is 3.24. The number of Topliss-reactive ketones (excluding diaryl/α,β-unsaturated/α-hetero) is 1. The highest BCUT2D eigenvalue weighted by molar-refractivity contribution is 8.02. The summed E-state index contributed by atoms with van der Waals surface area (Å²) in [4.78, 5) is 22.4. The fraction of sp³-hybridized carbons (Fsp3) is 0.227. The number of thioether (sulfide) groups is 1. The second kappa shape index (κ2) is 7.18. The van der Waals surface area contributed by atoms with Crippen LogP contribution in [0.2, 0.25) is 0 Å². The first-order valence-electron chi connectivity index (χ1n) is 9.28. The number of ketones is 1. The standard InChI is InChI=1S/C20H15N3OS2.C2H6/c1-20(2)19(24)13-8-15-12(9-18(13)26-20)14(5-6-21-15)23-11-3-4-17-16(7-11)22-10-25-17;1-2/h3-10H,1-2H3,(H,21,23);1-2H3. The van der Waals surface area contributed by atoms with Crippen LogP contribution in [0.15, 0.2) is 53.0 Å². The van der Waals surface area contributed by atoms with Gasteiger partial charge in [-0.2, -0.15) is 0 Å². The van der Waals surface area contributed by atoms with Crippen molar-refractivity contribution in [1.29, 1.82) is 0 Å². The zero-order valence-electron chi connectivity index (χ0n) is 16.2. The number of hydrogen-bond acceptors (Lipinski definition) is 6. The van der Waals surface area contributed by atoms with E-state index in [1.165, 1.54) is 4.70 Å². The molecule has 0 bridgehead atoms. The number of hydrogen-bond donors (Lipinski definition) is 1. The van der Waals surface area contributed by atoms with Crippen LogP contribution in [0.1, 0.15) is 38.1 Å². The summed E-state index contributed by atoms with van der Waals surface area (Å²) < 4.78 is 0.758. The fourth-order valence-corrected chi connectivity index (χ4v) is 5.13. The van der Waals surface area contributed by atoms with Crippen LogP contribution < -0.4 is 5.32 Å². The number of carbonyl (C=O) groups excluding carboxylic acids is 1. The minimum Gasteiger partial charge on any atom is -0.355 e. The molecule has 4 nitrogen and oxygen atoms in total. The number of rotatable bonds is 2. The molecule has 0 saturated heterocycles. The number of benzene rings is 2. The third kappa shape index (κ3) is 3.16. The molecule has 0 amide bonds. The zero-order chi connectivity index (χ0) is 19.9. The highest BCUT2D eigenvalue weighted by Crippen LogP contribution is 2.46. The molecule has 0 radical (unpaired) electrons. The molecule has 1 N–H and O–H groups in total. The molecule has 1 aliphatic rings. The van der Waals surface area contributed by atoms with E-state index in [-0.39, 0.29) is 5.78 Å². The number of fused-ring (bicyclic) bond motifs is 3. The van der Waals surface area contributed by atoms with Gasteiger partial charge in [0.1, 0.15) is 0 Å². The second-order valence-electron chi connectivity index (χ2n) is 6.83. The number of pyridine rings is 1. The largest absolute Gasteiger partial charge is 0.355 e. The molecule has 0 saturated carbocycles. The summed E-state index contributed by atoms with van der Waals surface area (Å²) in [5.41, 5.74) is 6.42. The number of carbonyl (C=O) groups is 1. The molecule has 0 aliphatic carbocycles. The van der Waals surface area contributed by atoms with Gasteiger partial charge in [-0.25, -0.2) is 4.98 Å². The van der Waals surface area contributed by atoms with Crippen molar-refractivity contribution in [3.8, 4) is 0 Å². The molecule has 0 spiro atoms. The summed E-state index contributed by atoms with van der Waals surface area (Å²) in [7, 11) is 0. The van der Waals surface area contributed by atoms with Crippen molar-refractivity contribution in [1.82, 2.24) is 9.97 Å². The maximum Gasteiger partial charge on any atom is 0.179 e. The SMILES string of the molecule is CC.CC1(C)Sc2cc3c(Nc4ccc5scnc5c4)ccnc3cc2C1=O. The molecule has 0 atom stereocenters. The molecule has 28 heavy (non-hydrogen) atoms. The minimum absolute atomic E-state index is 0.175. The van der Waals surface area contributed by atoms with E-state index < -0.39 is 4.75 Å². The van der Waals surface area contributed by atoms with Crippen LogP contribution in [0.3, 0.4) is 0 Å². The van der Waals surface area contributed by atoms with E-state index in [2.05, 4.69) is 33.5 Å². The first kappa shape index (κ1) is 18.9. The number of anilines is 2. The van der Waals surface area contributed by atoms with Crippen molar-refractivity contribution in [3.05, 3.63) is 53.7 Å². The fourth-order valence-electron chi connectivity index (χ4n) is 3.28. The predicted molar refractivity (Wildman–Crippen MR) is 120 cm³/mol. The van der Waals surface area contributed by atoms with Crippen molar-refractivity contribution >= 4 is 61.4 Å². The Bertz CT molecular complexity index is 1200. The van der Waals surface area contributed by atoms with E-state index >= 15 is 0 Å². The molecule has 0 unspecified atom stereocenters. The maximum atomic E-state index is 12.6. The molecule has 6 heteroatoms. The average molecular weight is 408 g/mol. The van der Waals surface area contributed by atoms with Crippen LogP contribution in [0.4, 0.5) is 11.4 Å². The van der Waals surface area contributed by atoms with Crippen LogP contribution in [-0.2, 0) is 0 Å². The number of nitrogens with one attached hydrogen (secondary N) is 1. The Hall–Kier alpha value is -2.44. The number of nitrogens with zero attached hydrogens (tertiary/aromatic N) is 2. The summed E-state index contributed by atoms with van der Waals surface area (Å²) in [6, 6.07) is 12.1. The van der Waals surface area contributed by atoms with Crippen LogP contribution in [0.25, 0.3) is 21.1 Å². The first-order chi connectivity index (χ1) is 13.5. The van der Waals surface area contributed by atoms with Crippen molar-refractivity contribution in [3.63, 3.8) is 0 Å². The van der Waals surface area contributed by atoms with E-state index in [1.54, 1.807) is 29.3 Å². The normalized spacial score (nSPS) is 14.6. The Balaban J connectivity index is 0.000000932. The lowest BCUT2D eigenvalue weighted by molar-refractivity contribution is 0.0961. The van der Waals surface area contributed by atoms with E-state index in [0.29, 0.717) is 0 Å². The van der Waals surface area contributed by atoms with Crippen LogP contribution in [0, 0.1) is 0 Å². The lowest BCUT2D eigenvalue weighted by Gasteiger charge is -2.12. The third-order valence-corrected chi connectivity index (χ3v) is 6.67. The molecule has 0 fully saturated rings. The van der Waals surface area contributed by atoms with Gasteiger partial charge in [-0.3, -0.25) is 9.78 Å². The van der Waals surface area contributed by atoms with Crippen LogP contribution >= 0.6 is 23.1 Å². The number of aromatic nitrogens is 2. The Kier molecular flexibility index (Phi) is 4.85. The molecule has 2 aromatic carbocycles. The molecular weight excluding hydrogens is 386 g/mol. The topological polar surface area (TPSA) is 54.9 Å². The minimum atomic E-state index is -0.414. The summed E-state index contributed by atoms with van der Waals surface area (Å²) in [6.07, 6.45) is 1.77. The Morgan fingerprint density at radius 2 is 1.82 bits per heavy atom. The van der Waals surface area contributed by atoms with Gasteiger partial charge in [-0.05, 0) is 50.2 Å². The summed E-state index contributed by atoms with van der Waals surface area (Å²) in [5.74, 6) is 0.175. The second-order valence-corrected chi connectivity index (χ2v) is 9.38. The van der Waals surface area contributed by atoms with E-state index in [1.807, 2.05) is 51.4 Å². The van der Waals surface area contributed by atoms with Crippen molar-refractivity contribution < 1.29 is 4.79 Å². The molecule has 1 aliphatic heterocycles. The van der Waals surface area contributed by atoms with E-state index in [9.17, 15) is 4.79 Å². The molecule has 2 aromatic heterocycles. The smallest absolute Gasteiger partial charge is 0.179 e. The van der Waals surface area contributed by atoms with Crippen LogP contribution in [0.5, 0.6) is 0 Å². The van der Waals surface area contributed by atoms with Crippen molar-refractivity contribution in [2.45, 2.75) is 37.3 Å². The van der Waals surface area contributed by atoms with Gasteiger partial charge < -0.3 is 5.32 Å². The molecular formula is C22H21N3OS2. The molecule has 5 rings (SSSR count). The van der Waals surface area contributed by atoms with E-state index in [4.69, 9.17) is 0 Å². The maximum absolute atomic E-state index is 12.6. The van der Waals surface area contributed by atoms with Gasteiger partial charge in [0, 0.05) is 33.4 Å². The quantitative estimate of drug-likeness (QED) is 0.401. The van der Waals surface area contributed by atoms with Gasteiger partial charge in [-0.15, -0.1) is 23.1 Å². The Morgan fingerprint density at radius 1 is 1.00 bits per heavy atom. The van der Waals surface area contributed by atoms with E-state index in [0.717, 1.165) is 38.3 Å². The monoisotopic (exact) mass is 407 g/mol. The van der Waals surface area contributed by atoms with Crippen molar-refractivity contribution in [2.24, 2.45) is 0 Å². The third-order valence-electron chi connectivity index (χ3n) is 4.61. The van der Waals surface area contributed by atoms with Gasteiger partial charge in [0.05, 0.1) is 26.0 Å². The van der Waals surface area contributed by atoms with Gasteiger partial charge in [0.2, 0.25) is 0 Å². The van der Waals surface area contributed by atoms with Gasteiger partial charge in [0.15, 0.2) is 5.78 Å². The van der Waals surface area contributed by atoms with Crippen LogP contribution in [-0.4, -0.2) is 20.5 Å². The summed E-state index contributed by atoms with van der Waals surface area (Å²) in [5, 5.41) is 4.50. The Morgan fingerprint density at radius 3 is 2.64 bits per heavy atom. The summed E-state index contributed by atoms with van der Waals surface area (Å²) in [6.45, 7) is 7.95. The molecule has 4 aromatic rings. The molecule has 142 valence electrons. The lowest BCUT2D eigenvalue weighted by Crippen LogP contribution is -2.22. The predicted octanol–water partition coefficient (Wildman–Crippen LogP) is 6.68. The van der Waals surface area contributed by atoms with Crippen molar-refractivity contribution in [2.75, 3.05) is 5.32 Å². The Labute approximate surface area is 172 Å². The molecule has 3 heterocycles. The van der Waals surface area contributed by atoms with Gasteiger partial charge in [0.25, 0.3) is 0 Å². The zero-order valence-corrected chi connectivity index (χ0v) is 17.9. The van der Waals surface area contributed by atoms with Gasteiger partial charge in [-0.1, -0.05) is 13.8 Å². The first-order valence-corrected chi connectivity index (χ1v) is 11.0. The number of thiazole rings is 1. The van der Waals surface area contributed by atoms with Gasteiger partial charge >= 0.3 is 0 Å².